The van der Waals surface area contributed by atoms with Crippen molar-refractivity contribution < 1.29 is 4.74 Å². The van der Waals surface area contributed by atoms with Gasteiger partial charge in [-0.1, -0.05) is 0 Å². The molecule has 0 radical (unpaired) electrons. The van der Waals surface area contributed by atoms with Crippen molar-refractivity contribution in [2.75, 3.05) is 29.9 Å². The Bertz CT molecular complexity index is 1340. The minimum absolute atomic E-state index is 0.161. The lowest BCUT2D eigenvalue weighted by Crippen LogP contribution is -2.37. The number of anilines is 3. The van der Waals surface area contributed by atoms with E-state index >= 15 is 0 Å². The van der Waals surface area contributed by atoms with Crippen LogP contribution in [0.2, 0.25) is 0 Å². The Balaban J connectivity index is 1.45. The number of aromatic nitrogens is 7. The minimum atomic E-state index is 0.161. The summed E-state index contributed by atoms with van der Waals surface area (Å²) in [6, 6.07) is 4.29. The number of nitrogens with one attached hydrogen (secondary N) is 1. The Hall–Kier alpha value is -3.69. The Morgan fingerprint density at radius 2 is 2.00 bits per heavy atom. The second kappa shape index (κ2) is 8.27. The molecule has 0 aromatic carbocycles. The molecule has 10 heteroatoms. The predicted octanol–water partition coefficient (Wildman–Crippen LogP) is 4.35. The SMILES string of the molecule is CC(C)n1ncc2c1OCCCC(C)n1nc(N3CCC3)c3cnc(cc31)Nc1ccnc-2n1. The summed E-state index contributed by atoms with van der Waals surface area (Å²) < 4.78 is 10.3. The summed E-state index contributed by atoms with van der Waals surface area (Å²) in [5.41, 5.74) is 1.87. The van der Waals surface area contributed by atoms with E-state index in [2.05, 4.69) is 56.8 Å². The molecule has 0 aliphatic carbocycles. The first-order valence-electron chi connectivity index (χ1n) is 12.0. The smallest absolute Gasteiger partial charge is 0.223 e. The zero-order chi connectivity index (χ0) is 23.2. The molecule has 0 amide bonds. The molecule has 2 aliphatic rings. The number of hydrogen-bond acceptors (Lipinski definition) is 8. The van der Waals surface area contributed by atoms with Gasteiger partial charge in [-0.2, -0.15) is 10.2 Å². The second-order valence-corrected chi connectivity index (χ2v) is 9.33. The predicted molar refractivity (Wildman–Crippen MR) is 131 cm³/mol. The third kappa shape index (κ3) is 3.53. The van der Waals surface area contributed by atoms with Gasteiger partial charge in [0.05, 0.1) is 35.8 Å². The molecule has 0 saturated carbocycles. The molecule has 1 fully saturated rings. The molecule has 34 heavy (non-hydrogen) atoms. The summed E-state index contributed by atoms with van der Waals surface area (Å²) in [4.78, 5) is 16.3. The molecule has 6 rings (SSSR count). The molecule has 1 atom stereocenters. The average Bonchev–Trinajstić information content (AvgIpc) is 3.37. The molecule has 176 valence electrons. The fourth-order valence-corrected chi connectivity index (χ4v) is 4.56. The lowest BCUT2D eigenvalue weighted by Gasteiger charge is -2.31. The van der Waals surface area contributed by atoms with Crippen molar-refractivity contribution in [2.24, 2.45) is 0 Å². The van der Waals surface area contributed by atoms with E-state index in [1.807, 2.05) is 16.9 Å². The van der Waals surface area contributed by atoms with Crippen molar-refractivity contribution in [1.29, 1.82) is 0 Å². The van der Waals surface area contributed by atoms with Crippen LogP contribution in [-0.2, 0) is 0 Å². The van der Waals surface area contributed by atoms with Gasteiger partial charge in [0.1, 0.15) is 17.2 Å². The molecule has 1 saturated heterocycles. The van der Waals surface area contributed by atoms with Crippen LogP contribution >= 0.6 is 0 Å². The van der Waals surface area contributed by atoms with Gasteiger partial charge in [-0.3, -0.25) is 4.68 Å². The van der Waals surface area contributed by atoms with E-state index in [1.165, 1.54) is 6.42 Å². The van der Waals surface area contributed by atoms with Crippen molar-refractivity contribution in [1.82, 2.24) is 34.5 Å². The van der Waals surface area contributed by atoms with E-state index < -0.39 is 0 Å². The Labute approximate surface area is 198 Å². The van der Waals surface area contributed by atoms with Crippen molar-refractivity contribution >= 4 is 28.4 Å². The van der Waals surface area contributed by atoms with Crippen molar-refractivity contribution in [2.45, 2.75) is 52.1 Å². The van der Waals surface area contributed by atoms with Crippen LogP contribution in [0, 0.1) is 0 Å². The zero-order valence-electron chi connectivity index (χ0n) is 19.8. The summed E-state index contributed by atoms with van der Waals surface area (Å²) in [6.45, 7) is 9.07. The van der Waals surface area contributed by atoms with E-state index in [0.29, 0.717) is 24.1 Å². The highest BCUT2D eigenvalue weighted by Crippen LogP contribution is 2.34. The normalized spacial score (nSPS) is 18.1. The number of pyridine rings is 1. The first-order valence-corrected chi connectivity index (χ1v) is 12.0. The van der Waals surface area contributed by atoms with Gasteiger partial charge < -0.3 is 15.0 Å². The van der Waals surface area contributed by atoms with Crippen LogP contribution in [0.4, 0.5) is 17.5 Å². The second-order valence-electron chi connectivity index (χ2n) is 9.33. The average molecular weight is 460 g/mol. The number of ether oxygens (including phenoxy) is 1. The van der Waals surface area contributed by atoms with Crippen LogP contribution in [0.3, 0.4) is 0 Å². The maximum Gasteiger partial charge on any atom is 0.223 e. The van der Waals surface area contributed by atoms with E-state index in [0.717, 1.165) is 54.0 Å². The minimum Gasteiger partial charge on any atom is -0.477 e. The summed E-state index contributed by atoms with van der Waals surface area (Å²) in [5, 5.41) is 14.0. The van der Waals surface area contributed by atoms with Crippen LogP contribution in [0.1, 0.15) is 52.1 Å². The zero-order valence-corrected chi connectivity index (χ0v) is 19.8. The van der Waals surface area contributed by atoms with Crippen LogP contribution in [-0.4, -0.2) is 54.2 Å². The van der Waals surface area contributed by atoms with Gasteiger partial charge in [-0.15, -0.1) is 0 Å². The molecule has 0 spiro atoms. The largest absolute Gasteiger partial charge is 0.477 e. The molecule has 1 unspecified atom stereocenters. The van der Waals surface area contributed by atoms with Gasteiger partial charge in [-0.25, -0.2) is 19.6 Å². The first-order chi connectivity index (χ1) is 16.6. The van der Waals surface area contributed by atoms with E-state index in [1.54, 1.807) is 12.4 Å². The Morgan fingerprint density at radius 1 is 1.12 bits per heavy atom. The molecule has 1 N–H and O–H groups in total. The van der Waals surface area contributed by atoms with Gasteiger partial charge in [-0.05, 0) is 46.1 Å². The van der Waals surface area contributed by atoms with Crippen LogP contribution in [0.5, 0.6) is 5.88 Å². The summed E-state index contributed by atoms with van der Waals surface area (Å²) in [6.07, 6.45) is 8.49. The highest BCUT2D eigenvalue weighted by molar-refractivity contribution is 5.92. The quantitative estimate of drug-likeness (QED) is 0.472. The van der Waals surface area contributed by atoms with Crippen LogP contribution < -0.4 is 15.0 Å². The van der Waals surface area contributed by atoms with Gasteiger partial charge in [0.15, 0.2) is 11.6 Å². The topological polar surface area (TPSA) is 98.8 Å². The molecular weight excluding hydrogens is 430 g/mol. The Morgan fingerprint density at radius 3 is 2.79 bits per heavy atom. The van der Waals surface area contributed by atoms with E-state index in [9.17, 15) is 0 Å². The van der Waals surface area contributed by atoms with Crippen molar-refractivity contribution in [3.8, 4) is 17.3 Å². The fraction of sp³-hybridized carbons (Fsp3) is 0.458. The number of rotatable bonds is 2. The fourth-order valence-electron chi connectivity index (χ4n) is 4.56. The summed E-state index contributed by atoms with van der Waals surface area (Å²) in [7, 11) is 0. The molecule has 4 aromatic rings. The van der Waals surface area contributed by atoms with Gasteiger partial charge in [0, 0.05) is 31.5 Å². The maximum atomic E-state index is 6.28. The van der Waals surface area contributed by atoms with Crippen LogP contribution in [0.15, 0.2) is 30.7 Å². The number of hydrogen-bond donors (Lipinski definition) is 1. The third-order valence-electron chi connectivity index (χ3n) is 6.54. The summed E-state index contributed by atoms with van der Waals surface area (Å²) >= 11 is 0. The highest BCUT2D eigenvalue weighted by Gasteiger charge is 2.24. The van der Waals surface area contributed by atoms with Gasteiger partial charge >= 0.3 is 0 Å². The number of nitrogens with zero attached hydrogens (tertiary/aromatic N) is 8. The Kier molecular flexibility index (Phi) is 5.08. The van der Waals surface area contributed by atoms with Gasteiger partial charge in [0.2, 0.25) is 5.88 Å². The maximum absolute atomic E-state index is 6.28. The molecule has 6 heterocycles. The monoisotopic (exact) mass is 459 g/mol. The lowest BCUT2D eigenvalue weighted by molar-refractivity contribution is 0.260. The van der Waals surface area contributed by atoms with Gasteiger partial charge in [0.25, 0.3) is 0 Å². The van der Waals surface area contributed by atoms with Crippen molar-refractivity contribution in [3.05, 3.63) is 30.7 Å². The first kappa shape index (κ1) is 20.9. The molecule has 10 nitrogen and oxygen atoms in total. The van der Waals surface area contributed by atoms with Crippen LogP contribution in [0.25, 0.3) is 22.3 Å². The molecule has 4 aromatic heterocycles. The van der Waals surface area contributed by atoms with Crippen molar-refractivity contribution in [3.63, 3.8) is 0 Å². The standard InChI is InChI=1S/C24H29N9O/c1-15(2)32-24-18(14-27-32)22-25-8-7-20(29-22)28-21-12-19-17(13-26-21)23(31-9-5-10-31)30-33(19)16(3)6-4-11-34-24/h7-8,12-16H,4-6,9-11H2,1-3H3,(H,25,26,28,29). The van der Waals surface area contributed by atoms with E-state index in [4.69, 9.17) is 14.8 Å². The van der Waals surface area contributed by atoms with E-state index in [-0.39, 0.29) is 12.1 Å². The number of fused-ring (bicyclic) bond motifs is 5. The lowest BCUT2D eigenvalue weighted by atomic mass is 10.2. The molecule has 4 bridgehead atoms. The summed E-state index contributed by atoms with van der Waals surface area (Å²) in [5.74, 6) is 3.69. The third-order valence-corrected chi connectivity index (χ3v) is 6.54. The molecule has 2 aliphatic heterocycles. The highest BCUT2D eigenvalue weighted by atomic mass is 16.5. The molecular formula is C24H29N9O.